The summed E-state index contributed by atoms with van der Waals surface area (Å²) in [6.07, 6.45) is 3.65. The topological polar surface area (TPSA) is 36.1 Å². The van der Waals surface area contributed by atoms with E-state index in [0.717, 1.165) is 19.2 Å². The molecule has 2 fully saturated rings. The highest BCUT2D eigenvalue weighted by Crippen LogP contribution is 2.38. The average Bonchev–Trinajstić information content (AvgIpc) is 3.09. The number of benzene rings is 1. The molecule has 21 heavy (non-hydrogen) atoms. The summed E-state index contributed by atoms with van der Waals surface area (Å²) in [5.41, 5.74) is 0.671. The van der Waals surface area contributed by atoms with Crippen molar-refractivity contribution < 1.29 is 13.6 Å². The SMILES string of the molecule is O=C(c1cc2c(F)cc(F)cc2[nH]1)N1CC2CCCC2C1. The summed E-state index contributed by atoms with van der Waals surface area (Å²) in [7, 11) is 0. The van der Waals surface area contributed by atoms with E-state index in [4.69, 9.17) is 0 Å². The lowest BCUT2D eigenvalue weighted by atomic mass is 10.0. The van der Waals surface area contributed by atoms with Gasteiger partial charge in [-0.15, -0.1) is 0 Å². The van der Waals surface area contributed by atoms with E-state index in [1.165, 1.54) is 31.4 Å². The van der Waals surface area contributed by atoms with Crippen LogP contribution < -0.4 is 0 Å². The Morgan fingerprint density at radius 1 is 1.14 bits per heavy atom. The lowest BCUT2D eigenvalue weighted by molar-refractivity contribution is 0.0776. The predicted octanol–water partition coefficient (Wildman–Crippen LogP) is 3.32. The second-order valence-electron chi connectivity index (χ2n) is 6.19. The number of hydrogen-bond donors (Lipinski definition) is 1. The van der Waals surface area contributed by atoms with Crippen LogP contribution in [0.3, 0.4) is 0 Å². The first-order valence-electron chi connectivity index (χ1n) is 7.39. The van der Waals surface area contributed by atoms with E-state index < -0.39 is 11.6 Å². The van der Waals surface area contributed by atoms with E-state index >= 15 is 0 Å². The number of carbonyl (C=O) groups excluding carboxylic acids is 1. The van der Waals surface area contributed by atoms with Crippen LogP contribution in [0, 0.1) is 23.5 Å². The van der Waals surface area contributed by atoms with Gasteiger partial charge in [0.1, 0.15) is 17.3 Å². The maximum Gasteiger partial charge on any atom is 0.270 e. The molecule has 2 aliphatic rings. The number of fused-ring (bicyclic) bond motifs is 2. The first-order valence-corrected chi connectivity index (χ1v) is 7.39. The minimum absolute atomic E-state index is 0.111. The number of aromatic nitrogens is 1. The van der Waals surface area contributed by atoms with Crippen LogP contribution in [-0.2, 0) is 0 Å². The maximum absolute atomic E-state index is 13.7. The molecule has 1 aliphatic heterocycles. The number of H-pyrrole nitrogens is 1. The van der Waals surface area contributed by atoms with Crippen molar-refractivity contribution in [3.05, 3.63) is 35.5 Å². The van der Waals surface area contributed by atoms with E-state index in [1.54, 1.807) is 0 Å². The maximum atomic E-state index is 13.7. The second-order valence-corrected chi connectivity index (χ2v) is 6.19. The summed E-state index contributed by atoms with van der Waals surface area (Å²) in [6, 6.07) is 3.54. The Balaban J connectivity index is 1.64. The van der Waals surface area contributed by atoms with E-state index in [0.29, 0.717) is 23.0 Å². The number of nitrogens with one attached hydrogen (secondary N) is 1. The zero-order valence-corrected chi connectivity index (χ0v) is 11.5. The fourth-order valence-electron chi connectivity index (χ4n) is 3.85. The Labute approximate surface area is 120 Å². The van der Waals surface area contributed by atoms with Crippen molar-refractivity contribution in [1.29, 1.82) is 0 Å². The lowest BCUT2D eigenvalue weighted by Crippen LogP contribution is -2.29. The van der Waals surface area contributed by atoms with Gasteiger partial charge in [0.2, 0.25) is 0 Å². The molecule has 3 nitrogen and oxygen atoms in total. The summed E-state index contributed by atoms with van der Waals surface area (Å²) in [6.45, 7) is 1.57. The van der Waals surface area contributed by atoms with Crippen molar-refractivity contribution in [2.24, 2.45) is 11.8 Å². The lowest BCUT2D eigenvalue weighted by Gasteiger charge is -2.16. The first kappa shape index (κ1) is 12.8. The summed E-state index contributed by atoms with van der Waals surface area (Å²) in [5, 5.41) is 0.263. The minimum Gasteiger partial charge on any atom is -0.350 e. The highest BCUT2D eigenvalue weighted by molar-refractivity contribution is 5.98. The number of nitrogens with zero attached hydrogens (tertiary/aromatic N) is 1. The second kappa shape index (κ2) is 4.55. The highest BCUT2D eigenvalue weighted by Gasteiger charge is 2.38. The molecule has 5 heteroatoms. The van der Waals surface area contributed by atoms with Gasteiger partial charge in [-0.1, -0.05) is 6.42 Å². The van der Waals surface area contributed by atoms with Gasteiger partial charge in [0.15, 0.2) is 0 Å². The van der Waals surface area contributed by atoms with Crippen LogP contribution in [-0.4, -0.2) is 28.9 Å². The molecular weight excluding hydrogens is 274 g/mol. The highest BCUT2D eigenvalue weighted by atomic mass is 19.1. The molecule has 1 aromatic heterocycles. The monoisotopic (exact) mass is 290 g/mol. The molecule has 1 saturated heterocycles. The quantitative estimate of drug-likeness (QED) is 0.859. The molecule has 4 rings (SSSR count). The average molecular weight is 290 g/mol. The van der Waals surface area contributed by atoms with Gasteiger partial charge in [-0.25, -0.2) is 8.78 Å². The molecule has 2 atom stereocenters. The largest absolute Gasteiger partial charge is 0.350 e. The van der Waals surface area contributed by atoms with Gasteiger partial charge >= 0.3 is 0 Å². The van der Waals surface area contributed by atoms with Gasteiger partial charge in [-0.3, -0.25) is 4.79 Å². The number of amides is 1. The van der Waals surface area contributed by atoms with E-state index in [-0.39, 0.29) is 11.3 Å². The third kappa shape index (κ3) is 2.03. The molecule has 1 amide bonds. The smallest absolute Gasteiger partial charge is 0.270 e. The first-order chi connectivity index (χ1) is 10.1. The fourth-order valence-corrected chi connectivity index (χ4v) is 3.85. The van der Waals surface area contributed by atoms with Gasteiger partial charge < -0.3 is 9.88 Å². The van der Waals surface area contributed by atoms with Crippen LogP contribution in [0.15, 0.2) is 18.2 Å². The number of halogens is 2. The van der Waals surface area contributed by atoms with Gasteiger partial charge in [0.05, 0.1) is 5.52 Å². The number of rotatable bonds is 1. The Morgan fingerprint density at radius 3 is 2.57 bits per heavy atom. The van der Waals surface area contributed by atoms with E-state index in [2.05, 4.69) is 4.98 Å². The van der Waals surface area contributed by atoms with Crippen molar-refractivity contribution in [2.75, 3.05) is 13.1 Å². The Morgan fingerprint density at radius 2 is 1.86 bits per heavy atom. The van der Waals surface area contributed by atoms with Crippen molar-refractivity contribution in [3.8, 4) is 0 Å². The summed E-state index contributed by atoms with van der Waals surface area (Å²) >= 11 is 0. The van der Waals surface area contributed by atoms with Crippen LogP contribution in [0.25, 0.3) is 10.9 Å². The van der Waals surface area contributed by atoms with Gasteiger partial charge in [-0.2, -0.15) is 0 Å². The standard InChI is InChI=1S/C16H16F2N2O/c17-11-4-13(18)12-6-15(19-14(12)5-11)16(21)20-7-9-2-1-3-10(9)8-20/h4-6,9-10,19H,1-3,7-8H2. The fraction of sp³-hybridized carbons (Fsp3) is 0.438. The van der Waals surface area contributed by atoms with Crippen LogP contribution in [0.2, 0.25) is 0 Å². The zero-order chi connectivity index (χ0) is 14.6. The Kier molecular flexibility index (Phi) is 2.77. The van der Waals surface area contributed by atoms with Crippen LogP contribution in [0.4, 0.5) is 8.78 Å². The van der Waals surface area contributed by atoms with Gasteiger partial charge in [0.25, 0.3) is 5.91 Å². The molecule has 1 aromatic carbocycles. The van der Waals surface area contributed by atoms with Crippen molar-refractivity contribution in [3.63, 3.8) is 0 Å². The molecule has 1 N–H and O–H groups in total. The van der Waals surface area contributed by atoms with Gasteiger partial charge in [-0.05, 0) is 36.8 Å². The number of likely N-dealkylation sites (tertiary alicyclic amines) is 1. The van der Waals surface area contributed by atoms with E-state index in [9.17, 15) is 13.6 Å². The summed E-state index contributed by atoms with van der Waals surface area (Å²) < 4.78 is 26.9. The molecule has 2 heterocycles. The Hall–Kier alpha value is -1.91. The number of carbonyl (C=O) groups is 1. The number of hydrogen-bond acceptors (Lipinski definition) is 1. The molecule has 1 saturated carbocycles. The Bertz CT molecular complexity index is 712. The number of aromatic amines is 1. The molecule has 2 aromatic rings. The molecule has 2 unspecified atom stereocenters. The normalized spacial score (nSPS) is 24.8. The van der Waals surface area contributed by atoms with Crippen LogP contribution >= 0.6 is 0 Å². The van der Waals surface area contributed by atoms with E-state index in [1.807, 2.05) is 4.90 Å². The summed E-state index contributed by atoms with van der Waals surface area (Å²) in [5.74, 6) is -0.157. The minimum atomic E-state index is -0.642. The van der Waals surface area contributed by atoms with Crippen LogP contribution in [0.1, 0.15) is 29.8 Å². The van der Waals surface area contributed by atoms with Crippen molar-refractivity contribution in [1.82, 2.24) is 9.88 Å². The zero-order valence-electron chi connectivity index (χ0n) is 11.5. The predicted molar refractivity (Wildman–Crippen MR) is 74.9 cm³/mol. The molecule has 0 radical (unpaired) electrons. The third-order valence-electron chi connectivity index (χ3n) is 4.90. The van der Waals surface area contributed by atoms with Crippen molar-refractivity contribution in [2.45, 2.75) is 19.3 Å². The molecule has 0 bridgehead atoms. The summed E-state index contributed by atoms with van der Waals surface area (Å²) in [4.78, 5) is 17.2. The molecule has 1 aliphatic carbocycles. The van der Waals surface area contributed by atoms with Gasteiger partial charge in [0, 0.05) is 24.5 Å². The molecule has 0 spiro atoms. The molecule has 110 valence electrons. The van der Waals surface area contributed by atoms with Crippen LogP contribution in [0.5, 0.6) is 0 Å². The van der Waals surface area contributed by atoms with Crippen molar-refractivity contribution >= 4 is 16.8 Å². The molecular formula is C16H16F2N2O. The third-order valence-corrected chi connectivity index (χ3v) is 4.90.